The first-order chi connectivity index (χ1) is 9.12. The monoisotopic (exact) mass is 272 g/mol. The fourth-order valence-electron chi connectivity index (χ4n) is 2.77. The maximum atomic E-state index is 4.80. The van der Waals surface area contributed by atoms with Crippen molar-refractivity contribution in [2.45, 2.75) is 39.0 Å². The Morgan fingerprint density at radius 3 is 2.89 bits per heavy atom. The van der Waals surface area contributed by atoms with Crippen LogP contribution in [0.4, 0.5) is 5.13 Å². The summed E-state index contributed by atoms with van der Waals surface area (Å²) in [6.07, 6.45) is 2.22. The van der Waals surface area contributed by atoms with Crippen molar-refractivity contribution in [3.05, 3.63) is 34.7 Å². The summed E-state index contributed by atoms with van der Waals surface area (Å²) in [6.45, 7) is 7.83. The number of nitrogens with zero attached hydrogens (tertiary/aromatic N) is 1. The number of nitrogens with one attached hydrogen (secondary N) is 1. The topological polar surface area (TPSA) is 24.9 Å². The first-order valence-corrected chi connectivity index (χ1v) is 7.77. The van der Waals surface area contributed by atoms with Crippen LogP contribution in [0.5, 0.6) is 0 Å². The molecule has 0 atom stereocenters. The number of anilines is 1. The molecule has 3 heteroatoms. The van der Waals surface area contributed by atoms with E-state index in [9.17, 15) is 0 Å². The Hall–Kier alpha value is -1.35. The average Bonchev–Trinajstić information content (AvgIpc) is 2.78. The summed E-state index contributed by atoms with van der Waals surface area (Å²) in [4.78, 5) is 6.22. The zero-order valence-electron chi connectivity index (χ0n) is 11.8. The molecule has 1 aliphatic carbocycles. The van der Waals surface area contributed by atoms with Crippen molar-refractivity contribution in [3.8, 4) is 11.3 Å². The first-order valence-electron chi connectivity index (χ1n) is 6.95. The molecule has 1 heterocycles. The molecule has 0 saturated carbocycles. The Morgan fingerprint density at radius 1 is 1.32 bits per heavy atom. The van der Waals surface area contributed by atoms with Crippen LogP contribution in [0.15, 0.2) is 24.3 Å². The van der Waals surface area contributed by atoms with Crippen LogP contribution in [0, 0.1) is 0 Å². The van der Waals surface area contributed by atoms with E-state index in [0.29, 0.717) is 0 Å². The van der Waals surface area contributed by atoms with Gasteiger partial charge in [0.2, 0.25) is 0 Å². The highest BCUT2D eigenvalue weighted by atomic mass is 32.1. The number of fused-ring (bicyclic) bond motifs is 3. The molecule has 100 valence electrons. The molecule has 0 radical (unpaired) electrons. The highest BCUT2D eigenvalue weighted by Gasteiger charge is 2.33. The van der Waals surface area contributed by atoms with Gasteiger partial charge >= 0.3 is 0 Å². The summed E-state index contributed by atoms with van der Waals surface area (Å²) in [6, 6.07) is 8.70. The Balaban J connectivity index is 2.07. The molecule has 2 nitrogen and oxygen atoms in total. The molecule has 0 fully saturated rings. The van der Waals surface area contributed by atoms with Crippen molar-refractivity contribution < 1.29 is 0 Å². The second kappa shape index (κ2) is 4.64. The summed E-state index contributed by atoms with van der Waals surface area (Å²) in [5.74, 6) is 0. The van der Waals surface area contributed by atoms with Gasteiger partial charge in [0.05, 0.1) is 5.69 Å². The Bertz CT molecular complexity index is 599. The van der Waals surface area contributed by atoms with Crippen molar-refractivity contribution in [2.75, 3.05) is 11.9 Å². The van der Waals surface area contributed by atoms with E-state index in [1.54, 1.807) is 0 Å². The fraction of sp³-hybridized carbons (Fsp3) is 0.438. The lowest BCUT2D eigenvalue weighted by atomic mass is 9.74. The lowest BCUT2D eigenvalue weighted by Gasteiger charge is -2.31. The Morgan fingerprint density at radius 2 is 2.11 bits per heavy atom. The average molecular weight is 272 g/mol. The summed E-state index contributed by atoms with van der Waals surface area (Å²) in [5, 5.41) is 4.49. The van der Waals surface area contributed by atoms with E-state index < -0.39 is 0 Å². The van der Waals surface area contributed by atoms with Gasteiger partial charge in [0.1, 0.15) is 0 Å². The number of aromatic nitrogens is 1. The van der Waals surface area contributed by atoms with Gasteiger partial charge < -0.3 is 5.32 Å². The van der Waals surface area contributed by atoms with Gasteiger partial charge in [0.25, 0.3) is 0 Å². The summed E-state index contributed by atoms with van der Waals surface area (Å²) < 4.78 is 0. The molecule has 0 saturated heterocycles. The minimum Gasteiger partial charge on any atom is -0.362 e. The van der Waals surface area contributed by atoms with E-state index >= 15 is 0 Å². The van der Waals surface area contributed by atoms with E-state index in [4.69, 9.17) is 4.98 Å². The third-order valence-corrected chi connectivity index (χ3v) is 4.75. The summed E-state index contributed by atoms with van der Waals surface area (Å²) in [5.41, 5.74) is 4.14. The molecule has 0 spiro atoms. The van der Waals surface area contributed by atoms with Gasteiger partial charge in [-0.15, -0.1) is 11.3 Å². The zero-order valence-corrected chi connectivity index (χ0v) is 12.6. The molecule has 1 aromatic heterocycles. The summed E-state index contributed by atoms with van der Waals surface area (Å²) in [7, 11) is 0. The molecular weight excluding hydrogens is 252 g/mol. The van der Waals surface area contributed by atoms with Gasteiger partial charge in [0.15, 0.2) is 5.13 Å². The van der Waals surface area contributed by atoms with Crippen LogP contribution in [0.2, 0.25) is 0 Å². The van der Waals surface area contributed by atoms with Crippen molar-refractivity contribution in [3.63, 3.8) is 0 Å². The molecule has 1 aliphatic rings. The van der Waals surface area contributed by atoms with E-state index in [0.717, 1.165) is 24.5 Å². The van der Waals surface area contributed by atoms with Gasteiger partial charge in [0, 0.05) is 17.0 Å². The Kier molecular flexibility index (Phi) is 3.09. The molecule has 2 aromatic rings. The molecule has 3 rings (SSSR count). The fourth-order valence-corrected chi connectivity index (χ4v) is 4.00. The second-order valence-electron chi connectivity index (χ2n) is 5.82. The van der Waals surface area contributed by atoms with E-state index in [1.165, 1.54) is 21.7 Å². The van der Waals surface area contributed by atoms with Crippen LogP contribution in [0.3, 0.4) is 0 Å². The smallest absolute Gasteiger partial charge is 0.183 e. The third-order valence-electron chi connectivity index (χ3n) is 3.74. The quantitative estimate of drug-likeness (QED) is 0.892. The Labute approximate surface area is 118 Å². The highest BCUT2D eigenvalue weighted by Crippen LogP contribution is 2.45. The molecule has 1 N–H and O–H groups in total. The molecule has 19 heavy (non-hydrogen) atoms. The van der Waals surface area contributed by atoms with Crippen molar-refractivity contribution in [1.82, 2.24) is 4.98 Å². The molecule has 0 bridgehead atoms. The van der Waals surface area contributed by atoms with Gasteiger partial charge in [-0.25, -0.2) is 4.98 Å². The highest BCUT2D eigenvalue weighted by molar-refractivity contribution is 7.16. The molecule has 0 aliphatic heterocycles. The predicted octanol–water partition coefficient (Wildman–Crippen LogP) is 4.47. The minimum absolute atomic E-state index is 0.207. The molecule has 1 aromatic carbocycles. The van der Waals surface area contributed by atoms with Crippen LogP contribution in [0.25, 0.3) is 11.3 Å². The van der Waals surface area contributed by atoms with Gasteiger partial charge in [-0.05, 0) is 23.8 Å². The van der Waals surface area contributed by atoms with Crippen LogP contribution < -0.4 is 5.32 Å². The van der Waals surface area contributed by atoms with Crippen molar-refractivity contribution in [2.24, 2.45) is 0 Å². The van der Waals surface area contributed by atoms with Crippen molar-refractivity contribution in [1.29, 1.82) is 0 Å². The number of thiazole rings is 1. The molecule has 0 amide bonds. The van der Waals surface area contributed by atoms with Crippen molar-refractivity contribution >= 4 is 16.5 Å². The number of hydrogen-bond donors (Lipinski definition) is 1. The van der Waals surface area contributed by atoms with Crippen LogP contribution >= 0.6 is 11.3 Å². The predicted molar refractivity (Wildman–Crippen MR) is 83.1 cm³/mol. The normalized spacial score (nSPS) is 15.7. The number of benzene rings is 1. The SMILES string of the molecule is CCCNc1nc2c(s1)CC(C)(C)c1ccccc1-2. The van der Waals surface area contributed by atoms with E-state index in [2.05, 4.69) is 50.4 Å². The van der Waals surface area contributed by atoms with Gasteiger partial charge in [-0.2, -0.15) is 0 Å². The number of hydrogen-bond acceptors (Lipinski definition) is 3. The second-order valence-corrected chi connectivity index (χ2v) is 6.91. The molecular formula is C16H20N2S. The minimum atomic E-state index is 0.207. The van der Waals surface area contributed by atoms with E-state index in [1.807, 2.05) is 11.3 Å². The third kappa shape index (κ3) is 2.16. The van der Waals surface area contributed by atoms with Gasteiger partial charge in [-0.3, -0.25) is 0 Å². The standard InChI is InChI=1S/C16H20N2S/c1-4-9-17-15-18-14-11-7-5-6-8-12(11)16(2,3)10-13(14)19-15/h5-8H,4,9-10H2,1-3H3,(H,17,18). The van der Waals surface area contributed by atoms with Crippen LogP contribution in [0.1, 0.15) is 37.6 Å². The lowest BCUT2D eigenvalue weighted by Crippen LogP contribution is -2.24. The largest absolute Gasteiger partial charge is 0.362 e. The van der Waals surface area contributed by atoms with Crippen LogP contribution in [-0.4, -0.2) is 11.5 Å². The number of rotatable bonds is 3. The first kappa shape index (κ1) is 12.7. The zero-order chi connectivity index (χ0) is 13.5. The van der Waals surface area contributed by atoms with E-state index in [-0.39, 0.29) is 5.41 Å². The summed E-state index contributed by atoms with van der Waals surface area (Å²) >= 11 is 1.82. The van der Waals surface area contributed by atoms with Gasteiger partial charge in [-0.1, -0.05) is 45.0 Å². The van der Waals surface area contributed by atoms with Crippen LogP contribution in [-0.2, 0) is 11.8 Å². The maximum absolute atomic E-state index is 4.80. The lowest BCUT2D eigenvalue weighted by molar-refractivity contribution is 0.521. The molecule has 0 unspecified atom stereocenters. The maximum Gasteiger partial charge on any atom is 0.183 e.